The fourth-order valence-corrected chi connectivity index (χ4v) is 4.34. The molecule has 27 heavy (non-hydrogen) atoms. The van der Waals surface area contributed by atoms with Crippen molar-refractivity contribution in [1.82, 2.24) is 10.2 Å². The summed E-state index contributed by atoms with van der Waals surface area (Å²) in [6.07, 6.45) is 1.04. The quantitative estimate of drug-likeness (QED) is 0.852. The zero-order valence-corrected chi connectivity index (χ0v) is 16.2. The van der Waals surface area contributed by atoms with Crippen molar-refractivity contribution in [3.05, 3.63) is 59.2 Å². The molecule has 0 spiro atoms. The summed E-state index contributed by atoms with van der Waals surface area (Å²) in [5.74, 6) is 0.803. The molecule has 1 saturated heterocycles. The average Bonchev–Trinajstić information content (AvgIpc) is 2.97. The lowest BCUT2D eigenvalue weighted by Gasteiger charge is -2.46. The topological polar surface area (TPSA) is 66.3 Å². The minimum atomic E-state index is -0.692. The highest BCUT2D eigenvalue weighted by Crippen LogP contribution is 2.44. The van der Waals surface area contributed by atoms with Crippen LogP contribution < -0.4 is 5.32 Å². The Morgan fingerprint density at radius 1 is 1.22 bits per heavy atom. The van der Waals surface area contributed by atoms with Crippen LogP contribution in [0.1, 0.15) is 25.5 Å². The molecule has 144 valence electrons. The van der Waals surface area contributed by atoms with Gasteiger partial charge in [-0.2, -0.15) is 0 Å². The number of methoxy groups -OCH3 is 2. The van der Waals surface area contributed by atoms with Gasteiger partial charge < -0.3 is 24.8 Å². The number of ether oxygens (including phenoxy) is 2. The van der Waals surface area contributed by atoms with Crippen LogP contribution in [0.5, 0.6) is 0 Å². The van der Waals surface area contributed by atoms with E-state index in [1.807, 2.05) is 30.3 Å². The van der Waals surface area contributed by atoms with Gasteiger partial charge >= 0.3 is 0 Å². The largest absolute Gasteiger partial charge is 0.388 e. The number of fused-ring (bicyclic) bond motifs is 2. The van der Waals surface area contributed by atoms with Gasteiger partial charge in [0.25, 0.3) is 0 Å². The standard InChI is InChI=1S/C21H27N3O3/c1-12-13(2)24-10-15(11-26-3)16-18(21(24)22-12)23-17(19(25)20(16)27-4)14-8-6-5-7-9-14/h5-10,13,16-17,19-20,23,25H,11H2,1-4H3/t13?,16?,17-,19-,20-/m1/s1. The SMILES string of the molecule is COCC1=CN2C(=C3N[C@H](c4ccccc4)[C@@H](O)[C@H](OC)C13)N=C(C)C2C. The van der Waals surface area contributed by atoms with Gasteiger partial charge in [-0.3, -0.25) is 0 Å². The summed E-state index contributed by atoms with van der Waals surface area (Å²) in [4.78, 5) is 7.02. The maximum atomic E-state index is 11.1. The predicted molar refractivity (Wildman–Crippen MR) is 104 cm³/mol. The first-order valence-corrected chi connectivity index (χ1v) is 9.36. The van der Waals surface area contributed by atoms with E-state index in [1.54, 1.807) is 14.2 Å². The van der Waals surface area contributed by atoms with Gasteiger partial charge in [-0.15, -0.1) is 0 Å². The van der Waals surface area contributed by atoms with Crippen molar-refractivity contribution in [2.75, 3.05) is 20.8 Å². The van der Waals surface area contributed by atoms with Crippen molar-refractivity contribution in [3.8, 4) is 0 Å². The van der Waals surface area contributed by atoms with E-state index < -0.39 is 6.10 Å². The molecule has 6 heteroatoms. The highest BCUT2D eigenvalue weighted by molar-refractivity contribution is 5.90. The molecule has 0 amide bonds. The van der Waals surface area contributed by atoms with Gasteiger partial charge in [0, 0.05) is 26.1 Å². The molecule has 1 fully saturated rings. The molecular weight excluding hydrogens is 342 g/mol. The molecular formula is C21H27N3O3. The Hall–Kier alpha value is -2.15. The van der Waals surface area contributed by atoms with Crippen LogP contribution in [-0.4, -0.2) is 54.8 Å². The van der Waals surface area contributed by atoms with Crippen LogP contribution >= 0.6 is 0 Å². The first kappa shape index (κ1) is 18.2. The van der Waals surface area contributed by atoms with Crippen LogP contribution in [0.25, 0.3) is 0 Å². The van der Waals surface area contributed by atoms with Crippen LogP contribution in [0, 0.1) is 5.92 Å². The zero-order valence-electron chi connectivity index (χ0n) is 16.2. The summed E-state index contributed by atoms with van der Waals surface area (Å²) in [6.45, 7) is 4.68. The molecule has 3 aliphatic rings. The molecule has 2 unspecified atom stereocenters. The number of aliphatic hydroxyl groups excluding tert-OH is 1. The molecule has 3 heterocycles. The first-order chi connectivity index (χ1) is 13.1. The summed E-state index contributed by atoms with van der Waals surface area (Å²) in [6, 6.07) is 9.94. The van der Waals surface area contributed by atoms with Crippen LogP contribution in [0.3, 0.4) is 0 Å². The van der Waals surface area contributed by atoms with Gasteiger partial charge in [-0.25, -0.2) is 4.99 Å². The van der Waals surface area contributed by atoms with Gasteiger partial charge in [-0.1, -0.05) is 30.3 Å². The fourth-order valence-electron chi connectivity index (χ4n) is 4.34. The van der Waals surface area contributed by atoms with E-state index in [2.05, 4.69) is 30.3 Å². The lowest BCUT2D eigenvalue weighted by Crippen LogP contribution is -2.54. The Morgan fingerprint density at radius 3 is 2.63 bits per heavy atom. The van der Waals surface area contributed by atoms with Crippen LogP contribution in [0.4, 0.5) is 0 Å². The summed E-state index contributed by atoms with van der Waals surface area (Å²) in [5.41, 5.74) is 4.18. The molecule has 4 rings (SSSR count). The number of rotatable bonds is 4. The monoisotopic (exact) mass is 369 g/mol. The van der Waals surface area contributed by atoms with E-state index in [9.17, 15) is 5.11 Å². The third kappa shape index (κ3) is 2.88. The molecule has 0 saturated carbocycles. The van der Waals surface area contributed by atoms with Crippen molar-refractivity contribution in [1.29, 1.82) is 0 Å². The Labute approximate surface area is 160 Å². The number of hydrogen-bond donors (Lipinski definition) is 2. The van der Waals surface area contributed by atoms with E-state index >= 15 is 0 Å². The van der Waals surface area contributed by atoms with E-state index in [-0.39, 0.29) is 24.1 Å². The molecule has 3 aliphatic heterocycles. The van der Waals surface area contributed by atoms with Crippen LogP contribution in [0.2, 0.25) is 0 Å². The number of piperidine rings is 1. The molecule has 1 aromatic carbocycles. The summed E-state index contributed by atoms with van der Waals surface area (Å²) in [5, 5.41) is 14.7. The van der Waals surface area contributed by atoms with E-state index in [0.717, 1.165) is 28.4 Å². The first-order valence-electron chi connectivity index (χ1n) is 9.36. The fraction of sp³-hybridized carbons (Fsp3) is 0.476. The van der Waals surface area contributed by atoms with Crippen molar-refractivity contribution in [2.45, 2.75) is 38.1 Å². The predicted octanol–water partition coefficient (Wildman–Crippen LogP) is 2.20. The molecule has 1 aromatic rings. The number of nitrogens with zero attached hydrogens (tertiary/aromatic N) is 2. The number of hydrogen-bond acceptors (Lipinski definition) is 6. The average molecular weight is 369 g/mol. The Balaban J connectivity index is 1.82. The van der Waals surface area contributed by atoms with E-state index in [4.69, 9.17) is 14.5 Å². The van der Waals surface area contributed by atoms with Gasteiger partial charge in [0.1, 0.15) is 6.10 Å². The van der Waals surface area contributed by atoms with Crippen molar-refractivity contribution < 1.29 is 14.6 Å². The maximum Gasteiger partial charge on any atom is 0.153 e. The van der Waals surface area contributed by atoms with Crippen molar-refractivity contribution in [3.63, 3.8) is 0 Å². The molecule has 6 nitrogen and oxygen atoms in total. The third-order valence-corrected chi connectivity index (χ3v) is 5.86. The number of benzene rings is 1. The summed E-state index contributed by atoms with van der Waals surface area (Å²) < 4.78 is 11.3. The van der Waals surface area contributed by atoms with Crippen LogP contribution in [-0.2, 0) is 9.47 Å². The van der Waals surface area contributed by atoms with Gasteiger partial charge in [0.2, 0.25) is 0 Å². The van der Waals surface area contributed by atoms with E-state index in [1.165, 1.54) is 0 Å². The highest BCUT2D eigenvalue weighted by atomic mass is 16.5. The Bertz CT molecular complexity index is 802. The molecule has 0 bridgehead atoms. The van der Waals surface area contributed by atoms with Crippen molar-refractivity contribution >= 4 is 5.71 Å². The lowest BCUT2D eigenvalue weighted by molar-refractivity contribution is -0.0663. The summed E-state index contributed by atoms with van der Waals surface area (Å²) >= 11 is 0. The number of aliphatic imine (C=N–C) groups is 1. The number of nitrogens with one attached hydrogen (secondary N) is 1. The van der Waals surface area contributed by atoms with Crippen LogP contribution in [0.15, 0.2) is 58.6 Å². The zero-order chi connectivity index (χ0) is 19.1. The molecule has 0 aliphatic carbocycles. The molecule has 5 atom stereocenters. The van der Waals surface area contributed by atoms with Gasteiger partial charge in [0.15, 0.2) is 5.82 Å². The summed E-state index contributed by atoms with van der Waals surface area (Å²) in [7, 11) is 3.35. The smallest absolute Gasteiger partial charge is 0.153 e. The molecule has 0 aromatic heterocycles. The highest BCUT2D eigenvalue weighted by Gasteiger charge is 2.48. The second kappa shape index (κ2) is 7.11. The molecule has 0 radical (unpaired) electrons. The number of aliphatic hydroxyl groups is 1. The molecule has 2 N–H and O–H groups in total. The lowest BCUT2D eigenvalue weighted by atomic mass is 9.78. The maximum absolute atomic E-state index is 11.1. The minimum Gasteiger partial charge on any atom is -0.388 e. The second-order valence-corrected chi connectivity index (χ2v) is 7.41. The third-order valence-electron chi connectivity index (χ3n) is 5.86. The normalized spacial score (nSPS) is 32.5. The van der Waals surface area contributed by atoms with E-state index in [0.29, 0.717) is 6.61 Å². The second-order valence-electron chi connectivity index (χ2n) is 7.41. The Morgan fingerprint density at radius 2 is 1.96 bits per heavy atom. The minimum absolute atomic E-state index is 0.113. The Kier molecular flexibility index (Phi) is 4.80. The van der Waals surface area contributed by atoms with Gasteiger partial charge in [0.05, 0.1) is 36.4 Å². The van der Waals surface area contributed by atoms with Crippen molar-refractivity contribution in [2.24, 2.45) is 10.9 Å². The van der Waals surface area contributed by atoms with Gasteiger partial charge in [-0.05, 0) is 25.0 Å².